The molecule has 2 aromatic heterocycles. The first-order valence-electron chi connectivity index (χ1n) is 13.4. The van der Waals surface area contributed by atoms with E-state index in [-0.39, 0.29) is 18.4 Å². The van der Waals surface area contributed by atoms with E-state index in [9.17, 15) is 14.7 Å². The molecule has 4 aromatic rings. The average molecular weight is 516 g/mol. The van der Waals surface area contributed by atoms with Gasteiger partial charge in [0, 0.05) is 18.2 Å². The van der Waals surface area contributed by atoms with E-state index in [0.29, 0.717) is 24.6 Å². The molecule has 3 N–H and O–H groups in total. The number of unbranched alkanes of at least 4 members (excludes halogenated alkanes) is 3. The molecule has 1 aliphatic heterocycles. The number of hydrogen-bond donors (Lipinski definition) is 3. The highest BCUT2D eigenvalue weighted by Crippen LogP contribution is 2.33. The molecule has 1 amide bonds. The molecule has 1 aliphatic rings. The van der Waals surface area contributed by atoms with Gasteiger partial charge in [-0.1, -0.05) is 62.9 Å². The van der Waals surface area contributed by atoms with Gasteiger partial charge in [-0.3, -0.25) is 9.59 Å². The lowest BCUT2D eigenvalue weighted by molar-refractivity contribution is -0.140. The van der Waals surface area contributed by atoms with Crippen molar-refractivity contribution in [2.75, 3.05) is 6.54 Å². The second-order valence-corrected chi connectivity index (χ2v) is 9.96. The number of fused-ring (bicyclic) bond motifs is 1. The molecule has 198 valence electrons. The van der Waals surface area contributed by atoms with E-state index in [1.807, 2.05) is 42.5 Å². The van der Waals surface area contributed by atoms with Gasteiger partial charge in [-0.15, -0.1) is 10.2 Å². The van der Waals surface area contributed by atoms with Crippen LogP contribution in [0.15, 0.2) is 42.5 Å². The molecule has 0 spiro atoms. The first-order chi connectivity index (χ1) is 18.5. The van der Waals surface area contributed by atoms with Gasteiger partial charge in [0.2, 0.25) is 11.7 Å². The number of likely N-dealkylation sites (tertiary alicyclic amines) is 1. The molecule has 38 heavy (non-hydrogen) atoms. The van der Waals surface area contributed by atoms with E-state index in [1.54, 1.807) is 4.90 Å². The predicted molar refractivity (Wildman–Crippen MR) is 143 cm³/mol. The quantitative estimate of drug-likeness (QED) is 0.241. The number of nitrogens with one attached hydrogen (secondary N) is 2. The van der Waals surface area contributed by atoms with Gasteiger partial charge in [0.05, 0.1) is 23.4 Å². The number of imidazole rings is 1. The number of nitrogens with zero attached hydrogens (tertiary/aromatic N) is 5. The lowest BCUT2D eigenvalue weighted by atomic mass is 9.97. The summed E-state index contributed by atoms with van der Waals surface area (Å²) >= 11 is 0. The van der Waals surface area contributed by atoms with Crippen LogP contribution in [0.5, 0.6) is 0 Å². The number of carbonyl (C=O) groups excluding carboxylic acids is 1. The third kappa shape index (κ3) is 5.44. The van der Waals surface area contributed by atoms with Crippen molar-refractivity contribution in [1.82, 2.24) is 35.5 Å². The Morgan fingerprint density at radius 1 is 1.13 bits per heavy atom. The van der Waals surface area contributed by atoms with Crippen molar-refractivity contribution in [2.45, 2.75) is 70.3 Å². The van der Waals surface area contributed by atoms with Crippen LogP contribution in [0.25, 0.3) is 33.5 Å². The Bertz CT molecular complexity index is 1400. The van der Waals surface area contributed by atoms with Crippen molar-refractivity contribution in [1.29, 1.82) is 0 Å². The highest BCUT2D eigenvalue weighted by molar-refractivity contribution is 5.89. The third-order valence-corrected chi connectivity index (χ3v) is 7.37. The maximum Gasteiger partial charge on any atom is 0.305 e. The fraction of sp³-hybridized carbons (Fsp3) is 0.429. The van der Waals surface area contributed by atoms with Crippen LogP contribution in [-0.2, 0) is 9.59 Å². The minimum atomic E-state index is -0.869. The summed E-state index contributed by atoms with van der Waals surface area (Å²) in [6.07, 6.45) is 6.43. The number of aliphatic carboxylic acids is 1. The molecule has 1 fully saturated rings. The van der Waals surface area contributed by atoms with Crippen LogP contribution in [-0.4, -0.2) is 65.1 Å². The summed E-state index contributed by atoms with van der Waals surface area (Å²) in [5, 5.41) is 23.8. The molecule has 0 bridgehead atoms. The Morgan fingerprint density at radius 3 is 2.74 bits per heavy atom. The zero-order valence-electron chi connectivity index (χ0n) is 21.6. The number of aromatic nitrogens is 6. The van der Waals surface area contributed by atoms with Crippen LogP contribution in [0.4, 0.5) is 0 Å². The summed E-state index contributed by atoms with van der Waals surface area (Å²) < 4.78 is 0. The topological polar surface area (TPSA) is 141 Å². The normalized spacial score (nSPS) is 16.2. The number of tetrazole rings is 1. The summed E-state index contributed by atoms with van der Waals surface area (Å²) in [6, 6.07) is 13.6. The molecule has 1 saturated heterocycles. The van der Waals surface area contributed by atoms with Crippen molar-refractivity contribution in [3.05, 3.63) is 48.3 Å². The lowest BCUT2D eigenvalue weighted by Gasteiger charge is -2.27. The van der Waals surface area contributed by atoms with E-state index in [2.05, 4.69) is 32.5 Å². The monoisotopic (exact) mass is 515 g/mol. The number of amides is 1. The number of rotatable bonds is 11. The smallest absolute Gasteiger partial charge is 0.305 e. The predicted octanol–water partition coefficient (Wildman–Crippen LogP) is 4.93. The second-order valence-electron chi connectivity index (χ2n) is 9.96. The summed E-state index contributed by atoms with van der Waals surface area (Å²) in [4.78, 5) is 35.2. The fourth-order valence-electron chi connectivity index (χ4n) is 5.46. The van der Waals surface area contributed by atoms with Gasteiger partial charge in [-0.25, -0.2) is 4.98 Å². The molecule has 0 aliphatic carbocycles. The highest BCUT2D eigenvalue weighted by Gasteiger charge is 2.36. The molecule has 2 atom stereocenters. The minimum absolute atomic E-state index is 0.0163. The Morgan fingerprint density at radius 2 is 1.97 bits per heavy atom. The number of benzene rings is 2. The van der Waals surface area contributed by atoms with Crippen molar-refractivity contribution in [3.63, 3.8) is 0 Å². The molecule has 0 radical (unpaired) electrons. The highest BCUT2D eigenvalue weighted by atomic mass is 16.4. The molecule has 10 heteroatoms. The number of hydrogen-bond acceptors (Lipinski definition) is 6. The standard InChI is InChI=1S/C28H33N7O3/c1-2-3-4-5-12-22(28(38)35-15-8-9-19(35)17-25(36)37)26-29-23-14-13-18(16-24(23)30-26)20-10-6-7-11-21(20)27-31-33-34-32-27/h6-7,10-11,13-14,16,19,22H,2-5,8-9,12,15,17H2,1H3,(H,29,30)(H,36,37)(H,31,32,33,34). The van der Waals surface area contributed by atoms with Crippen molar-refractivity contribution >= 4 is 22.9 Å². The largest absolute Gasteiger partial charge is 0.481 e. The van der Waals surface area contributed by atoms with E-state index >= 15 is 0 Å². The number of carbonyl (C=O) groups is 2. The van der Waals surface area contributed by atoms with Gasteiger partial charge in [0.25, 0.3) is 0 Å². The van der Waals surface area contributed by atoms with Gasteiger partial charge < -0.3 is 15.0 Å². The van der Waals surface area contributed by atoms with Gasteiger partial charge in [0.1, 0.15) is 5.82 Å². The summed E-state index contributed by atoms with van der Waals surface area (Å²) in [7, 11) is 0. The first kappa shape index (κ1) is 25.6. The third-order valence-electron chi connectivity index (χ3n) is 7.37. The number of carboxylic acid groups (broad SMARTS) is 1. The molecule has 3 heterocycles. The fourth-order valence-corrected chi connectivity index (χ4v) is 5.46. The van der Waals surface area contributed by atoms with Gasteiger partial charge in [-0.2, -0.15) is 5.21 Å². The maximum absolute atomic E-state index is 13.8. The van der Waals surface area contributed by atoms with E-state index in [1.165, 1.54) is 0 Å². The van der Waals surface area contributed by atoms with Crippen molar-refractivity contribution < 1.29 is 14.7 Å². The van der Waals surface area contributed by atoms with Gasteiger partial charge >= 0.3 is 5.97 Å². The molecule has 2 unspecified atom stereocenters. The summed E-state index contributed by atoms with van der Waals surface area (Å²) in [5.41, 5.74) is 4.43. The maximum atomic E-state index is 13.8. The lowest BCUT2D eigenvalue weighted by Crippen LogP contribution is -2.40. The number of aromatic amines is 2. The van der Waals surface area contributed by atoms with E-state index < -0.39 is 11.9 Å². The number of carboxylic acids is 1. The van der Waals surface area contributed by atoms with Crippen LogP contribution in [0.3, 0.4) is 0 Å². The Hall–Kier alpha value is -4.08. The van der Waals surface area contributed by atoms with Gasteiger partial charge in [0.15, 0.2) is 0 Å². The van der Waals surface area contributed by atoms with Crippen molar-refractivity contribution in [2.24, 2.45) is 0 Å². The molecule has 2 aromatic carbocycles. The minimum Gasteiger partial charge on any atom is -0.481 e. The van der Waals surface area contributed by atoms with Crippen LogP contribution >= 0.6 is 0 Å². The van der Waals surface area contributed by atoms with Gasteiger partial charge in [-0.05, 0) is 47.7 Å². The van der Waals surface area contributed by atoms with Crippen LogP contribution in [0.1, 0.15) is 70.0 Å². The summed E-state index contributed by atoms with van der Waals surface area (Å²) in [6.45, 7) is 2.76. The SMILES string of the molecule is CCCCCCC(C(=O)N1CCCC1CC(=O)O)c1nc2ccc(-c3ccccc3-c3nn[nH]n3)cc2[nH]1. The second kappa shape index (κ2) is 11.5. The molecule has 5 rings (SSSR count). The average Bonchev–Trinajstić information content (AvgIpc) is 3.69. The summed E-state index contributed by atoms with van der Waals surface area (Å²) in [5.74, 6) is -0.154. The van der Waals surface area contributed by atoms with E-state index in [4.69, 9.17) is 4.98 Å². The Labute approximate surface area is 220 Å². The Kier molecular flexibility index (Phi) is 7.76. The van der Waals surface area contributed by atoms with E-state index in [0.717, 1.165) is 66.2 Å². The molecule has 10 nitrogen and oxygen atoms in total. The van der Waals surface area contributed by atoms with Crippen LogP contribution < -0.4 is 0 Å². The van der Waals surface area contributed by atoms with Crippen LogP contribution in [0, 0.1) is 0 Å². The van der Waals surface area contributed by atoms with Crippen molar-refractivity contribution in [3.8, 4) is 22.5 Å². The zero-order valence-corrected chi connectivity index (χ0v) is 21.6. The first-order valence-corrected chi connectivity index (χ1v) is 13.4. The Balaban J connectivity index is 1.46. The number of H-pyrrole nitrogens is 2. The molecule has 0 saturated carbocycles. The zero-order chi connectivity index (χ0) is 26.5. The molecular weight excluding hydrogens is 482 g/mol. The molecular formula is C28H33N7O3. The van der Waals surface area contributed by atoms with Crippen LogP contribution in [0.2, 0.25) is 0 Å².